The Labute approximate surface area is 125 Å². The third kappa shape index (κ3) is 3.03. The SMILES string of the molecule is O=[N+]([O-])c1cc(Cl)cc(-c2nc(C3CCCCN3)no2)c1. The van der Waals surface area contributed by atoms with Crippen LogP contribution in [0.3, 0.4) is 0 Å². The van der Waals surface area contributed by atoms with Gasteiger partial charge in [-0.2, -0.15) is 4.98 Å². The quantitative estimate of drug-likeness (QED) is 0.691. The molecule has 1 fully saturated rings. The maximum Gasteiger partial charge on any atom is 0.271 e. The maximum atomic E-state index is 10.9. The fraction of sp³-hybridized carbons (Fsp3) is 0.385. The van der Waals surface area contributed by atoms with Gasteiger partial charge in [0.05, 0.1) is 11.0 Å². The van der Waals surface area contributed by atoms with E-state index in [-0.39, 0.29) is 22.6 Å². The third-order valence-electron chi connectivity index (χ3n) is 3.40. The number of nitrogens with zero attached hydrogens (tertiary/aromatic N) is 3. The minimum Gasteiger partial charge on any atom is -0.334 e. The van der Waals surface area contributed by atoms with Crippen molar-refractivity contribution in [2.24, 2.45) is 0 Å². The van der Waals surface area contributed by atoms with Crippen LogP contribution in [0.25, 0.3) is 11.5 Å². The van der Waals surface area contributed by atoms with Crippen molar-refractivity contribution in [3.8, 4) is 11.5 Å². The lowest BCUT2D eigenvalue weighted by atomic mass is 10.0. The topological polar surface area (TPSA) is 94.1 Å². The van der Waals surface area contributed by atoms with Crippen molar-refractivity contribution >= 4 is 17.3 Å². The fourth-order valence-corrected chi connectivity index (χ4v) is 2.60. The Morgan fingerprint density at radius 1 is 1.38 bits per heavy atom. The number of hydrogen-bond donors (Lipinski definition) is 1. The van der Waals surface area contributed by atoms with Gasteiger partial charge in [0.1, 0.15) is 0 Å². The van der Waals surface area contributed by atoms with Crippen LogP contribution in [0.2, 0.25) is 5.02 Å². The number of aromatic nitrogens is 2. The molecule has 110 valence electrons. The van der Waals surface area contributed by atoms with Gasteiger partial charge in [0, 0.05) is 22.7 Å². The van der Waals surface area contributed by atoms with Gasteiger partial charge in [-0.25, -0.2) is 0 Å². The summed E-state index contributed by atoms with van der Waals surface area (Å²) in [6.07, 6.45) is 3.21. The fourth-order valence-electron chi connectivity index (χ4n) is 2.37. The predicted molar refractivity (Wildman–Crippen MR) is 76.0 cm³/mol. The van der Waals surface area contributed by atoms with Gasteiger partial charge in [-0.1, -0.05) is 23.2 Å². The smallest absolute Gasteiger partial charge is 0.271 e. The summed E-state index contributed by atoms with van der Waals surface area (Å²) < 4.78 is 5.21. The Bertz CT molecular complexity index is 667. The van der Waals surface area contributed by atoms with Crippen LogP contribution in [-0.2, 0) is 0 Å². The number of piperidine rings is 1. The van der Waals surface area contributed by atoms with Gasteiger partial charge in [-0.15, -0.1) is 0 Å². The van der Waals surface area contributed by atoms with Crippen molar-refractivity contribution in [2.45, 2.75) is 25.3 Å². The first-order chi connectivity index (χ1) is 10.1. The van der Waals surface area contributed by atoms with Gasteiger partial charge < -0.3 is 9.84 Å². The molecule has 3 rings (SSSR count). The van der Waals surface area contributed by atoms with Crippen LogP contribution >= 0.6 is 11.6 Å². The highest BCUT2D eigenvalue weighted by molar-refractivity contribution is 6.31. The Kier molecular flexibility index (Phi) is 3.85. The van der Waals surface area contributed by atoms with Crippen LogP contribution in [0.5, 0.6) is 0 Å². The number of nitrogens with one attached hydrogen (secondary N) is 1. The first-order valence-electron chi connectivity index (χ1n) is 6.66. The molecular formula is C13H13ClN4O3. The highest BCUT2D eigenvalue weighted by Crippen LogP contribution is 2.29. The molecule has 0 radical (unpaired) electrons. The minimum atomic E-state index is -0.505. The Morgan fingerprint density at radius 2 is 2.24 bits per heavy atom. The Hall–Kier alpha value is -1.99. The maximum absolute atomic E-state index is 10.9. The van der Waals surface area contributed by atoms with E-state index in [1.165, 1.54) is 12.1 Å². The van der Waals surface area contributed by atoms with Gasteiger partial charge in [0.15, 0.2) is 5.82 Å². The van der Waals surface area contributed by atoms with Crippen LogP contribution in [0.1, 0.15) is 31.1 Å². The van der Waals surface area contributed by atoms with Gasteiger partial charge in [0.25, 0.3) is 11.6 Å². The molecular weight excluding hydrogens is 296 g/mol. The number of benzene rings is 1. The molecule has 1 saturated heterocycles. The Balaban J connectivity index is 1.90. The molecule has 0 saturated carbocycles. The number of nitro benzene ring substituents is 1. The average molecular weight is 309 g/mol. The first kappa shape index (κ1) is 14.0. The molecule has 2 heterocycles. The van der Waals surface area contributed by atoms with Crippen LogP contribution in [0.4, 0.5) is 5.69 Å². The van der Waals surface area contributed by atoms with E-state index >= 15 is 0 Å². The van der Waals surface area contributed by atoms with Crippen LogP contribution in [0, 0.1) is 10.1 Å². The summed E-state index contributed by atoms with van der Waals surface area (Å²) in [4.78, 5) is 14.7. The monoisotopic (exact) mass is 308 g/mol. The van der Waals surface area contributed by atoms with Crippen LogP contribution in [0.15, 0.2) is 22.7 Å². The summed E-state index contributed by atoms with van der Waals surface area (Å²) in [7, 11) is 0. The van der Waals surface area contributed by atoms with Crippen molar-refractivity contribution in [3.63, 3.8) is 0 Å². The summed E-state index contributed by atoms with van der Waals surface area (Å²) in [6.45, 7) is 0.928. The van der Waals surface area contributed by atoms with E-state index < -0.39 is 4.92 Å². The van der Waals surface area contributed by atoms with E-state index in [1.807, 2.05) is 0 Å². The van der Waals surface area contributed by atoms with Crippen molar-refractivity contribution in [2.75, 3.05) is 6.54 Å². The van der Waals surface area contributed by atoms with Crippen molar-refractivity contribution < 1.29 is 9.45 Å². The predicted octanol–water partition coefficient (Wildman–Crippen LogP) is 3.11. The third-order valence-corrected chi connectivity index (χ3v) is 3.62. The van der Waals surface area contributed by atoms with E-state index in [2.05, 4.69) is 15.5 Å². The first-order valence-corrected chi connectivity index (χ1v) is 7.03. The summed E-state index contributed by atoms with van der Waals surface area (Å²) in [5, 5.41) is 18.4. The van der Waals surface area contributed by atoms with Crippen LogP contribution < -0.4 is 5.32 Å². The van der Waals surface area contributed by atoms with E-state index in [9.17, 15) is 10.1 Å². The molecule has 1 aliphatic heterocycles. The number of non-ortho nitro benzene ring substituents is 1. The molecule has 8 heteroatoms. The lowest BCUT2D eigenvalue weighted by Crippen LogP contribution is -2.27. The van der Waals surface area contributed by atoms with Gasteiger partial charge in [-0.3, -0.25) is 10.1 Å². The molecule has 0 aliphatic carbocycles. The molecule has 2 aromatic rings. The molecule has 1 aromatic carbocycles. The second-order valence-corrected chi connectivity index (χ2v) is 5.35. The molecule has 0 amide bonds. The largest absolute Gasteiger partial charge is 0.334 e. The number of hydrogen-bond acceptors (Lipinski definition) is 6. The lowest BCUT2D eigenvalue weighted by Gasteiger charge is -2.19. The van der Waals surface area contributed by atoms with Crippen molar-refractivity contribution in [3.05, 3.63) is 39.2 Å². The summed E-state index contributed by atoms with van der Waals surface area (Å²) in [6, 6.07) is 4.30. The van der Waals surface area contributed by atoms with E-state index in [0.717, 1.165) is 25.8 Å². The zero-order chi connectivity index (χ0) is 14.8. The molecule has 1 atom stereocenters. The normalized spacial score (nSPS) is 18.6. The number of rotatable bonds is 3. The molecule has 1 aromatic heterocycles. The molecule has 21 heavy (non-hydrogen) atoms. The van der Waals surface area contributed by atoms with Crippen molar-refractivity contribution in [1.82, 2.24) is 15.5 Å². The highest BCUT2D eigenvalue weighted by Gasteiger charge is 2.21. The second kappa shape index (κ2) is 5.79. The lowest BCUT2D eigenvalue weighted by molar-refractivity contribution is -0.384. The van der Waals surface area contributed by atoms with Crippen LogP contribution in [-0.4, -0.2) is 21.6 Å². The molecule has 0 spiro atoms. The molecule has 1 aliphatic rings. The van der Waals surface area contributed by atoms with Crippen molar-refractivity contribution in [1.29, 1.82) is 0 Å². The standard InChI is InChI=1S/C13H13ClN4O3/c14-9-5-8(6-10(7-9)18(19)20)13-16-12(17-21-13)11-3-1-2-4-15-11/h5-7,11,15H,1-4H2. The van der Waals surface area contributed by atoms with Gasteiger partial charge in [-0.05, 0) is 25.5 Å². The van der Waals surface area contributed by atoms with Gasteiger partial charge in [0.2, 0.25) is 0 Å². The highest BCUT2D eigenvalue weighted by atomic mass is 35.5. The van der Waals surface area contributed by atoms with E-state index in [1.54, 1.807) is 6.07 Å². The molecule has 7 nitrogen and oxygen atoms in total. The zero-order valence-corrected chi connectivity index (χ0v) is 11.8. The minimum absolute atomic E-state index is 0.0745. The number of halogens is 1. The molecule has 1 unspecified atom stereocenters. The summed E-state index contributed by atoms with van der Waals surface area (Å²) in [5.74, 6) is 0.815. The number of nitro groups is 1. The molecule has 1 N–H and O–H groups in total. The average Bonchev–Trinajstić information content (AvgIpc) is 2.97. The zero-order valence-electron chi connectivity index (χ0n) is 11.1. The van der Waals surface area contributed by atoms with E-state index in [4.69, 9.17) is 16.1 Å². The second-order valence-electron chi connectivity index (χ2n) is 4.92. The van der Waals surface area contributed by atoms with E-state index in [0.29, 0.717) is 11.4 Å². The summed E-state index contributed by atoms with van der Waals surface area (Å²) >= 11 is 5.89. The Morgan fingerprint density at radius 3 is 2.95 bits per heavy atom. The molecule has 0 bridgehead atoms. The van der Waals surface area contributed by atoms with Gasteiger partial charge >= 0.3 is 0 Å². The summed E-state index contributed by atoms with van der Waals surface area (Å²) in [5.41, 5.74) is 0.344.